The Kier molecular flexibility index (Phi) is 3.08. The summed E-state index contributed by atoms with van der Waals surface area (Å²) in [6, 6.07) is 10.5. The number of aliphatic hydroxyl groups excluding tert-OH is 1. The van der Waals surface area contributed by atoms with Crippen LogP contribution in [0.1, 0.15) is 31.2 Å². The van der Waals surface area contributed by atoms with E-state index < -0.39 is 0 Å². The lowest BCUT2D eigenvalue weighted by Crippen LogP contribution is -2.40. The van der Waals surface area contributed by atoms with Gasteiger partial charge in [-0.25, -0.2) is 0 Å². The Balaban J connectivity index is 2.23. The normalized spacial score (nSPS) is 31.5. The molecule has 0 radical (unpaired) electrons. The second-order valence-electron chi connectivity index (χ2n) is 4.58. The van der Waals surface area contributed by atoms with Crippen LogP contribution in [0.2, 0.25) is 0 Å². The second-order valence-corrected chi connectivity index (χ2v) is 4.58. The summed E-state index contributed by atoms with van der Waals surface area (Å²) in [5.74, 6) is 0. The van der Waals surface area contributed by atoms with Crippen molar-refractivity contribution >= 4 is 0 Å². The maximum atomic E-state index is 9.54. The smallest absolute Gasteiger partial charge is 0.0541 e. The van der Waals surface area contributed by atoms with Crippen LogP contribution in [0.3, 0.4) is 0 Å². The number of aliphatic hydroxyl groups is 1. The summed E-state index contributed by atoms with van der Waals surface area (Å²) in [5.41, 5.74) is 7.38. The van der Waals surface area contributed by atoms with Crippen molar-refractivity contribution in [3.05, 3.63) is 35.9 Å². The molecule has 1 aromatic carbocycles. The molecule has 1 saturated carbocycles. The molecule has 82 valence electrons. The van der Waals surface area contributed by atoms with E-state index >= 15 is 0 Å². The Bertz CT molecular complexity index is 302. The summed E-state index contributed by atoms with van der Waals surface area (Å²) in [6.07, 6.45) is 3.66. The highest BCUT2D eigenvalue weighted by Crippen LogP contribution is 2.38. The van der Waals surface area contributed by atoms with Crippen molar-refractivity contribution in [2.24, 2.45) is 5.73 Å². The van der Waals surface area contributed by atoms with E-state index in [2.05, 4.69) is 24.3 Å². The lowest BCUT2D eigenvalue weighted by molar-refractivity contribution is 0.0974. The van der Waals surface area contributed by atoms with Crippen LogP contribution in [0.4, 0.5) is 0 Å². The molecular weight excluding hydrogens is 186 g/mol. The molecule has 2 rings (SSSR count). The molecule has 1 aliphatic carbocycles. The lowest BCUT2D eigenvalue weighted by atomic mass is 9.69. The van der Waals surface area contributed by atoms with Crippen molar-refractivity contribution in [2.75, 3.05) is 6.54 Å². The zero-order valence-corrected chi connectivity index (χ0v) is 9.02. The van der Waals surface area contributed by atoms with Crippen LogP contribution in [-0.2, 0) is 5.41 Å². The SMILES string of the molecule is NC[C@]1(c2ccccc2)CC[C@H](O)CC1. The fraction of sp³-hybridized carbons (Fsp3) is 0.538. The fourth-order valence-electron chi connectivity index (χ4n) is 2.56. The van der Waals surface area contributed by atoms with Crippen molar-refractivity contribution in [3.63, 3.8) is 0 Å². The zero-order valence-electron chi connectivity index (χ0n) is 9.02. The molecule has 15 heavy (non-hydrogen) atoms. The summed E-state index contributed by atoms with van der Waals surface area (Å²) >= 11 is 0. The van der Waals surface area contributed by atoms with Crippen molar-refractivity contribution in [2.45, 2.75) is 37.2 Å². The summed E-state index contributed by atoms with van der Waals surface area (Å²) in [4.78, 5) is 0. The van der Waals surface area contributed by atoms with Crippen molar-refractivity contribution in [3.8, 4) is 0 Å². The lowest BCUT2D eigenvalue weighted by Gasteiger charge is -2.38. The molecule has 0 spiro atoms. The first-order valence-corrected chi connectivity index (χ1v) is 5.70. The second kappa shape index (κ2) is 4.33. The monoisotopic (exact) mass is 205 g/mol. The van der Waals surface area contributed by atoms with E-state index in [1.54, 1.807) is 0 Å². The zero-order chi connectivity index (χ0) is 10.7. The minimum atomic E-state index is -0.117. The first kappa shape index (κ1) is 10.7. The molecule has 2 heteroatoms. The quantitative estimate of drug-likeness (QED) is 0.773. The number of rotatable bonds is 2. The number of nitrogens with two attached hydrogens (primary N) is 1. The summed E-state index contributed by atoms with van der Waals surface area (Å²) in [6.45, 7) is 0.684. The van der Waals surface area contributed by atoms with E-state index in [4.69, 9.17) is 5.73 Å². The number of benzene rings is 1. The molecule has 0 atom stereocenters. The Morgan fingerprint density at radius 3 is 2.33 bits per heavy atom. The van der Waals surface area contributed by atoms with Crippen LogP contribution >= 0.6 is 0 Å². The van der Waals surface area contributed by atoms with E-state index in [9.17, 15) is 5.11 Å². The Hall–Kier alpha value is -0.860. The topological polar surface area (TPSA) is 46.2 Å². The van der Waals surface area contributed by atoms with Crippen LogP contribution in [0.25, 0.3) is 0 Å². The van der Waals surface area contributed by atoms with E-state index in [-0.39, 0.29) is 11.5 Å². The van der Waals surface area contributed by atoms with Crippen molar-refractivity contribution in [1.29, 1.82) is 0 Å². The summed E-state index contributed by atoms with van der Waals surface area (Å²) < 4.78 is 0. The van der Waals surface area contributed by atoms with Gasteiger partial charge < -0.3 is 10.8 Å². The Morgan fingerprint density at radius 1 is 1.20 bits per heavy atom. The molecule has 1 aromatic rings. The molecule has 0 aromatic heterocycles. The Labute approximate surface area is 91.1 Å². The van der Waals surface area contributed by atoms with Crippen molar-refractivity contribution < 1.29 is 5.11 Å². The van der Waals surface area contributed by atoms with E-state index in [0.717, 1.165) is 25.7 Å². The first-order chi connectivity index (χ1) is 7.27. The van der Waals surface area contributed by atoms with Gasteiger partial charge in [0.25, 0.3) is 0 Å². The Morgan fingerprint density at radius 2 is 1.80 bits per heavy atom. The molecule has 1 aliphatic rings. The van der Waals surface area contributed by atoms with Gasteiger partial charge in [-0.05, 0) is 31.2 Å². The van der Waals surface area contributed by atoms with Gasteiger partial charge >= 0.3 is 0 Å². The van der Waals surface area contributed by atoms with Crippen LogP contribution < -0.4 is 5.73 Å². The average molecular weight is 205 g/mol. The predicted octanol–water partition coefficient (Wildman–Crippen LogP) is 1.82. The fourth-order valence-corrected chi connectivity index (χ4v) is 2.56. The van der Waals surface area contributed by atoms with Crippen LogP contribution in [0.5, 0.6) is 0 Å². The van der Waals surface area contributed by atoms with Crippen molar-refractivity contribution in [1.82, 2.24) is 0 Å². The maximum absolute atomic E-state index is 9.54. The molecule has 2 nitrogen and oxygen atoms in total. The number of hydrogen-bond donors (Lipinski definition) is 2. The standard InChI is InChI=1S/C13H19NO/c14-10-13(8-6-12(15)7-9-13)11-4-2-1-3-5-11/h1-5,12,15H,6-10,14H2/t12-,13-. The molecular formula is C13H19NO. The van der Waals surface area contributed by atoms with Crippen LogP contribution in [0.15, 0.2) is 30.3 Å². The molecule has 0 saturated heterocycles. The van der Waals surface area contributed by atoms with Gasteiger partial charge in [0, 0.05) is 12.0 Å². The predicted molar refractivity (Wildman–Crippen MR) is 61.6 cm³/mol. The minimum absolute atomic E-state index is 0.112. The third kappa shape index (κ3) is 2.06. The van der Waals surface area contributed by atoms with E-state index in [1.807, 2.05) is 6.07 Å². The maximum Gasteiger partial charge on any atom is 0.0541 e. The van der Waals surface area contributed by atoms with Gasteiger partial charge in [0.1, 0.15) is 0 Å². The van der Waals surface area contributed by atoms with Crippen LogP contribution in [-0.4, -0.2) is 17.8 Å². The molecule has 0 aliphatic heterocycles. The van der Waals surface area contributed by atoms with E-state index in [1.165, 1.54) is 5.56 Å². The van der Waals surface area contributed by atoms with Gasteiger partial charge in [0.2, 0.25) is 0 Å². The van der Waals surface area contributed by atoms with E-state index in [0.29, 0.717) is 6.54 Å². The summed E-state index contributed by atoms with van der Waals surface area (Å²) in [7, 11) is 0. The summed E-state index contributed by atoms with van der Waals surface area (Å²) in [5, 5.41) is 9.54. The van der Waals surface area contributed by atoms with Gasteiger partial charge in [0.05, 0.1) is 6.10 Å². The molecule has 3 N–H and O–H groups in total. The number of hydrogen-bond acceptors (Lipinski definition) is 2. The highest BCUT2D eigenvalue weighted by Gasteiger charge is 2.34. The largest absolute Gasteiger partial charge is 0.393 e. The van der Waals surface area contributed by atoms with Gasteiger partial charge in [-0.1, -0.05) is 30.3 Å². The third-order valence-corrected chi connectivity index (χ3v) is 3.69. The molecule has 0 amide bonds. The average Bonchev–Trinajstić information content (AvgIpc) is 2.32. The first-order valence-electron chi connectivity index (χ1n) is 5.70. The molecule has 0 heterocycles. The van der Waals surface area contributed by atoms with Crippen LogP contribution in [0, 0.1) is 0 Å². The highest BCUT2D eigenvalue weighted by molar-refractivity contribution is 5.26. The third-order valence-electron chi connectivity index (χ3n) is 3.69. The molecule has 0 bridgehead atoms. The highest BCUT2D eigenvalue weighted by atomic mass is 16.3. The minimum Gasteiger partial charge on any atom is -0.393 e. The molecule has 1 fully saturated rings. The van der Waals surface area contributed by atoms with Gasteiger partial charge in [-0.2, -0.15) is 0 Å². The molecule has 0 unspecified atom stereocenters. The van der Waals surface area contributed by atoms with Gasteiger partial charge in [-0.15, -0.1) is 0 Å². The van der Waals surface area contributed by atoms with Gasteiger partial charge in [0.15, 0.2) is 0 Å². The van der Waals surface area contributed by atoms with Gasteiger partial charge in [-0.3, -0.25) is 0 Å².